The average Bonchev–Trinajstić information content (AvgIpc) is 2.10. The topological polar surface area (TPSA) is 26.0 Å². The molecule has 1 aromatic rings. The van der Waals surface area contributed by atoms with Gasteiger partial charge in [-0.3, -0.25) is 0 Å². The van der Waals surface area contributed by atoms with Gasteiger partial charge >= 0.3 is 0 Å². The van der Waals surface area contributed by atoms with E-state index in [0.29, 0.717) is 0 Å². The van der Waals surface area contributed by atoms with Crippen molar-refractivity contribution in [1.29, 1.82) is 0 Å². The van der Waals surface area contributed by atoms with Gasteiger partial charge in [0.25, 0.3) is 0 Å². The highest BCUT2D eigenvalue weighted by molar-refractivity contribution is 6.31. The van der Waals surface area contributed by atoms with Gasteiger partial charge in [-0.15, -0.1) is 19.0 Å². The third-order valence-electron chi connectivity index (χ3n) is 2.03. The molecule has 0 heterocycles. The van der Waals surface area contributed by atoms with Crippen molar-refractivity contribution in [3.63, 3.8) is 0 Å². The van der Waals surface area contributed by atoms with E-state index in [1.165, 1.54) is 0 Å². The maximum Gasteiger partial charge on any atom is 0.0435 e. The van der Waals surface area contributed by atoms with Crippen LogP contribution < -0.4 is 5.73 Å². The average molecular weight is 232 g/mol. The summed E-state index contributed by atoms with van der Waals surface area (Å²) in [6, 6.07) is 5.91. The number of nitrogens with two attached hydrogens (primary N) is 1. The summed E-state index contributed by atoms with van der Waals surface area (Å²) in [7, 11) is 0. The van der Waals surface area contributed by atoms with E-state index in [-0.39, 0.29) is 18.4 Å². The molecule has 1 atom stereocenters. The van der Waals surface area contributed by atoms with E-state index < -0.39 is 0 Å². The molecular weight excluding hydrogens is 217 g/mol. The van der Waals surface area contributed by atoms with E-state index in [4.69, 9.17) is 17.3 Å². The van der Waals surface area contributed by atoms with Gasteiger partial charge in [-0.25, -0.2) is 0 Å². The van der Waals surface area contributed by atoms with Crippen molar-refractivity contribution < 1.29 is 0 Å². The van der Waals surface area contributed by atoms with E-state index >= 15 is 0 Å². The minimum absolute atomic E-state index is 0. The molecule has 0 aliphatic rings. The number of rotatable bonds is 3. The van der Waals surface area contributed by atoms with Crippen molar-refractivity contribution in [3.05, 3.63) is 47.0 Å². The predicted molar refractivity (Wildman–Crippen MR) is 65.2 cm³/mol. The minimum atomic E-state index is 0. The highest BCUT2D eigenvalue weighted by Crippen LogP contribution is 2.21. The van der Waals surface area contributed by atoms with Crippen molar-refractivity contribution >= 4 is 24.0 Å². The van der Waals surface area contributed by atoms with Crippen LogP contribution in [-0.2, 0) is 0 Å². The van der Waals surface area contributed by atoms with E-state index in [2.05, 4.69) is 6.58 Å². The smallest absolute Gasteiger partial charge is 0.0435 e. The van der Waals surface area contributed by atoms with Gasteiger partial charge in [-0.1, -0.05) is 29.8 Å². The number of benzene rings is 1. The second kappa shape index (κ2) is 6.07. The Labute approximate surface area is 96.4 Å². The molecule has 0 radical (unpaired) electrons. The molecule has 0 aliphatic carbocycles. The molecule has 0 bridgehead atoms. The standard InChI is InChI=1S/C11H14ClN.ClH/c1-3-4-11(13)9-5-6-10(12)8(2)7-9;/h3,5-7,11H,1,4,13H2,2H3;1H/t11-;/m0./s1. The van der Waals surface area contributed by atoms with Crippen LogP contribution in [0.5, 0.6) is 0 Å². The minimum Gasteiger partial charge on any atom is -0.324 e. The summed E-state index contributed by atoms with van der Waals surface area (Å²) in [5.74, 6) is 0. The number of aryl methyl sites for hydroxylation is 1. The van der Waals surface area contributed by atoms with Crippen LogP contribution in [0.2, 0.25) is 5.02 Å². The summed E-state index contributed by atoms with van der Waals surface area (Å²) in [6.07, 6.45) is 2.62. The molecule has 1 aromatic carbocycles. The molecule has 14 heavy (non-hydrogen) atoms. The lowest BCUT2D eigenvalue weighted by Gasteiger charge is -2.10. The van der Waals surface area contributed by atoms with Crippen molar-refractivity contribution in [2.75, 3.05) is 0 Å². The van der Waals surface area contributed by atoms with Gasteiger partial charge < -0.3 is 5.73 Å². The Balaban J connectivity index is 0.00000169. The summed E-state index contributed by atoms with van der Waals surface area (Å²) < 4.78 is 0. The van der Waals surface area contributed by atoms with Crippen LogP contribution in [0.3, 0.4) is 0 Å². The SMILES string of the molecule is C=CC[C@H](N)c1ccc(Cl)c(C)c1.Cl. The fraction of sp³-hybridized carbons (Fsp3) is 0.273. The first-order chi connectivity index (χ1) is 6.15. The zero-order chi connectivity index (χ0) is 9.84. The largest absolute Gasteiger partial charge is 0.324 e. The first-order valence-corrected chi connectivity index (χ1v) is 4.65. The molecule has 0 aliphatic heterocycles. The van der Waals surface area contributed by atoms with Gasteiger partial charge in [-0.2, -0.15) is 0 Å². The van der Waals surface area contributed by atoms with Crippen molar-refractivity contribution in [1.82, 2.24) is 0 Å². The predicted octanol–water partition coefficient (Wildman–Crippen LogP) is 3.65. The van der Waals surface area contributed by atoms with Gasteiger partial charge in [0.15, 0.2) is 0 Å². The highest BCUT2D eigenvalue weighted by atomic mass is 35.5. The molecule has 3 heteroatoms. The maximum atomic E-state index is 5.91. The maximum absolute atomic E-state index is 5.91. The van der Waals surface area contributed by atoms with E-state index in [1.54, 1.807) is 0 Å². The van der Waals surface area contributed by atoms with Gasteiger partial charge in [-0.05, 0) is 30.5 Å². The number of hydrogen-bond acceptors (Lipinski definition) is 1. The Morgan fingerprint density at radius 3 is 2.71 bits per heavy atom. The van der Waals surface area contributed by atoms with Gasteiger partial charge in [0.05, 0.1) is 0 Å². The molecule has 0 saturated heterocycles. The van der Waals surface area contributed by atoms with Crippen LogP contribution in [0.15, 0.2) is 30.9 Å². The molecule has 2 N–H and O–H groups in total. The van der Waals surface area contributed by atoms with E-state index in [9.17, 15) is 0 Å². The van der Waals surface area contributed by atoms with Gasteiger partial charge in [0.1, 0.15) is 0 Å². The van der Waals surface area contributed by atoms with Crippen molar-refractivity contribution in [2.24, 2.45) is 5.73 Å². The Kier molecular flexibility index (Phi) is 5.86. The van der Waals surface area contributed by atoms with Crippen LogP contribution in [0, 0.1) is 6.92 Å². The van der Waals surface area contributed by atoms with E-state index in [0.717, 1.165) is 22.6 Å². The Bertz CT molecular complexity index is 310. The highest BCUT2D eigenvalue weighted by Gasteiger charge is 2.04. The third-order valence-corrected chi connectivity index (χ3v) is 2.45. The monoisotopic (exact) mass is 231 g/mol. The molecule has 0 saturated carbocycles. The second-order valence-corrected chi connectivity index (χ2v) is 3.55. The molecule has 0 fully saturated rings. The van der Waals surface area contributed by atoms with Crippen LogP contribution in [0.25, 0.3) is 0 Å². The summed E-state index contributed by atoms with van der Waals surface area (Å²) in [6.45, 7) is 5.64. The van der Waals surface area contributed by atoms with Gasteiger partial charge in [0, 0.05) is 11.1 Å². The third kappa shape index (κ3) is 3.33. The lowest BCUT2D eigenvalue weighted by molar-refractivity contribution is 0.741. The van der Waals surface area contributed by atoms with E-state index in [1.807, 2.05) is 31.2 Å². The summed E-state index contributed by atoms with van der Waals surface area (Å²) >= 11 is 5.90. The molecule has 0 spiro atoms. The first-order valence-electron chi connectivity index (χ1n) is 4.27. The summed E-state index contributed by atoms with van der Waals surface area (Å²) in [5.41, 5.74) is 8.09. The Morgan fingerprint density at radius 2 is 2.21 bits per heavy atom. The molecule has 1 nitrogen and oxygen atoms in total. The molecule has 0 unspecified atom stereocenters. The van der Waals surface area contributed by atoms with Crippen LogP contribution in [0.4, 0.5) is 0 Å². The lowest BCUT2D eigenvalue weighted by Crippen LogP contribution is -2.08. The Hall–Kier alpha value is -0.500. The first kappa shape index (κ1) is 13.5. The molecule has 0 amide bonds. The fourth-order valence-corrected chi connectivity index (χ4v) is 1.33. The normalized spacial score (nSPS) is 11.6. The quantitative estimate of drug-likeness (QED) is 0.791. The van der Waals surface area contributed by atoms with Crippen molar-refractivity contribution in [2.45, 2.75) is 19.4 Å². The van der Waals surface area contributed by atoms with Crippen LogP contribution in [-0.4, -0.2) is 0 Å². The number of hydrogen-bond donors (Lipinski definition) is 1. The molecule has 0 aromatic heterocycles. The molecule has 78 valence electrons. The van der Waals surface area contributed by atoms with Crippen LogP contribution in [0.1, 0.15) is 23.6 Å². The second-order valence-electron chi connectivity index (χ2n) is 3.14. The van der Waals surface area contributed by atoms with Gasteiger partial charge in [0.2, 0.25) is 0 Å². The zero-order valence-electron chi connectivity index (χ0n) is 8.16. The summed E-state index contributed by atoms with van der Waals surface area (Å²) in [4.78, 5) is 0. The molecule has 1 rings (SSSR count). The Morgan fingerprint density at radius 1 is 1.57 bits per heavy atom. The fourth-order valence-electron chi connectivity index (χ4n) is 1.21. The van der Waals surface area contributed by atoms with Crippen molar-refractivity contribution in [3.8, 4) is 0 Å². The number of halogens is 2. The molecular formula is C11H15Cl2N. The van der Waals surface area contributed by atoms with Crippen LogP contribution >= 0.6 is 24.0 Å². The zero-order valence-corrected chi connectivity index (χ0v) is 9.74. The lowest BCUT2D eigenvalue weighted by atomic mass is 10.0. The summed E-state index contributed by atoms with van der Waals surface area (Å²) in [5, 5.41) is 0.787.